The molecule has 0 saturated heterocycles. The summed E-state index contributed by atoms with van der Waals surface area (Å²) in [4.78, 5) is 46.4. The fourth-order valence-electron chi connectivity index (χ4n) is 3.02. The van der Waals surface area contributed by atoms with Crippen molar-refractivity contribution in [2.24, 2.45) is 0 Å². The Kier molecular flexibility index (Phi) is 8.12. The van der Waals surface area contributed by atoms with E-state index in [-0.39, 0.29) is 35.8 Å². The minimum atomic E-state index is -0.785. The molecule has 8 nitrogen and oxygen atoms in total. The summed E-state index contributed by atoms with van der Waals surface area (Å²) >= 11 is 0. The molecule has 0 spiro atoms. The molecule has 0 amide bonds. The standard InChI is InChI=1S/C26H22O8/c1-17(27)33-25(29)21-10-3-5-12-23(21)31-15-19-8-7-9-20(14-19)16-32-24-13-6-4-11-22(24)26(30)34-18(2)28/h3-14H,15-16H2,1-2H3. The normalized spacial score (nSPS) is 10.2. The number of hydrogen-bond acceptors (Lipinski definition) is 8. The highest BCUT2D eigenvalue weighted by Gasteiger charge is 2.17. The van der Waals surface area contributed by atoms with E-state index in [1.54, 1.807) is 36.4 Å². The van der Waals surface area contributed by atoms with Gasteiger partial charge in [-0.15, -0.1) is 0 Å². The third-order valence-electron chi connectivity index (χ3n) is 4.47. The molecule has 0 saturated carbocycles. The molecule has 8 heteroatoms. The molecule has 0 unspecified atom stereocenters. The molecule has 0 aromatic heterocycles. The van der Waals surface area contributed by atoms with Crippen LogP contribution in [0.15, 0.2) is 72.8 Å². The third kappa shape index (κ3) is 6.77. The molecule has 0 N–H and O–H groups in total. The van der Waals surface area contributed by atoms with Gasteiger partial charge in [-0.2, -0.15) is 0 Å². The molecule has 3 aromatic rings. The molecule has 174 valence electrons. The maximum absolute atomic E-state index is 12.1. The van der Waals surface area contributed by atoms with Gasteiger partial charge in [-0.25, -0.2) is 9.59 Å². The van der Waals surface area contributed by atoms with Gasteiger partial charge in [-0.1, -0.05) is 42.5 Å². The highest BCUT2D eigenvalue weighted by Crippen LogP contribution is 2.22. The second-order valence-corrected chi connectivity index (χ2v) is 7.15. The number of ether oxygens (including phenoxy) is 4. The van der Waals surface area contributed by atoms with Crippen molar-refractivity contribution in [3.63, 3.8) is 0 Å². The van der Waals surface area contributed by atoms with E-state index in [0.717, 1.165) is 25.0 Å². The molecule has 0 aliphatic rings. The second kappa shape index (κ2) is 11.4. The van der Waals surface area contributed by atoms with Crippen LogP contribution in [0.4, 0.5) is 0 Å². The second-order valence-electron chi connectivity index (χ2n) is 7.15. The Morgan fingerprint density at radius 2 is 1.00 bits per heavy atom. The van der Waals surface area contributed by atoms with Crippen LogP contribution in [-0.4, -0.2) is 23.9 Å². The van der Waals surface area contributed by atoms with Crippen LogP contribution >= 0.6 is 0 Å². The predicted molar refractivity (Wildman–Crippen MR) is 120 cm³/mol. The van der Waals surface area contributed by atoms with Gasteiger partial charge < -0.3 is 18.9 Å². The van der Waals surface area contributed by atoms with Crippen molar-refractivity contribution in [3.8, 4) is 11.5 Å². The van der Waals surface area contributed by atoms with Crippen LogP contribution in [0.5, 0.6) is 11.5 Å². The van der Waals surface area contributed by atoms with E-state index in [4.69, 9.17) is 9.47 Å². The minimum absolute atomic E-state index is 0.145. The Morgan fingerprint density at radius 3 is 1.41 bits per heavy atom. The van der Waals surface area contributed by atoms with Crippen LogP contribution in [0, 0.1) is 0 Å². The van der Waals surface area contributed by atoms with Gasteiger partial charge in [0.15, 0.2) is 0 Å². The van der Waals surface area contributed by atoms with Gasteiger partial charge in [-0.05, 0) is 41.5 Å². The number of carbonyl (C=O) groups is 4. The zero-order valence-electron chi connectivity index (χ0n) is 18.6. The van der Waals surface area contributed by atoms with Gasteiger partial charge in [0.2, 0.25) is 0 Å². The van der Waals surface area contributed by atoms with E-state index in [1.165, 1.54) is 12.1 Å². The Morgan fingerprint density at radius 1 is 0.588 bits per heavy atom. The summed E-state index contributed by atoms with van der Waals surface area (Å²) < 4.78 is 20.9. The Hall–Kier alpha value is -4.46. The van der Waals surface area contributed by atoms with Crippen LogP contribution < -0.4 is 9.47 Å². The first-order chi connectivity index (χ1) is 16.3. The van der Waals surface area contributed by atoms with Crippen molar-refractivity contribution in [2.75, 3.05) is 0 Å². The van der Waals surface area contributed by atoms with Crippen molar-refractivity contribution in [2.45, 2.75) is 27.1 Å². The summed E-state index contributed by atoms with van der Waals surface area (Å²) in [7, 11) is 0. The summed E-state index contributed by atoms with van der Waals surface area (Å²) in [5.41, 5.74) is 1.90. The lowest BCUT2D eigenvalue weighted by Crippen LogP contribution is -2.11. The van der Waals surface area contributed by atoms with Gasteiger partial charge >= 0.3 is 23.9 Å². The fourth-order valence-corrected chi connectivity index (χ4v) is 3.02. The van der Waals surface area contributed by atoms with E-state index in [9.17, 15) is 19.2 Å². The third-order valence-corrected chi connectivity index (χ3v) is 4.47. The lowest BCUT2D eigenvalue weighted by Gasteiger charge is -2.12. The molecule has 3 rings (SSSR count). The predicted octanol–water partition coefficient (Wildman–Crippen LogP) is 4.25. The number of hydrogen-bond donors (Lipinski definition) is 0. The van der Waals surface area contributed by atoms with Crippen LogP contribution in [0.1, 0.15) is 45.7 Å². The number of rotatable bonds is 8. The largest absolute Gasteiger partial charge is 0.488 e. The first-order valence-electron chi connectivity index (χ1n) is 10.3. The van der Waals surface area contributed by atoms with Crippen molar-refractivity contribution >= 4 is 23.9 Å². The van der Waals surface area contributed by atoms with Gasteiger partial charge in [-0.3, -0.25) is 9.59 Å². The van der Waals surface area contributed by atoms with E-state index in [2.05, 4.69) is 9.47 Å². The maximum Gasteiger partial charge on any atom is 0.349 e. The van der Waals surface area contributed by atoms with Crippen LogP contribution in [0.2, 0.25) is 0 Å². The molecule has 3 aromatic carbocycles. The monoisotopic (exact) mass is 462 g/mol. The Balaban J connectivity index is 1.66. The molecule has 0 radical (unpaired) electrons. The van der Waals surface area contributed by atoms with Gasteiger partial charge in [0.1, 0.15) is 35.8 Å². The van der Waals surface area contributed by atoms with Gasteiger partial charge in [0, 0.05) is 13.8 Å². The number of esters is 4. The smallest absolute Gasteiger partial charge is 0.349 e. The molecule has 0 atom stereocenters. The molecule has 34 heavy (non-hydrogen) atoms. The van der Waals surface area contributed by atoms with E-state index in [1.807, 2.05) is 24.3 Å². The molecule has 0 aliphatic carbocycles. The summed E-state index contributed by atoms with van der Waals surface area (Å²) in [6, 6.07) is 20.3. The van der Waals surface area contributed by atoms with Crippen LogP contribution in [0.3, 0.4) is 0 Å². The molecular formula is C26H22O8. The minimum Gasteiger partial charge on any atom is -0.488 e. The van der Waals surface area contributed by atoms with Crippen molar-refractivity contribution in [1.29, 1.82) is 0 Å². The lowest BCUT2D eigenvalue weighted by atomic mass is 10.1. The molecular weight excluding hydrogens is 440 g/mol. The Bertz CT molecular complexity index is 1120. The van der Waals surface area contributed by atoms with Gasteiger partial charge in [0.25, 0.3) is 0 Å². The van der Waals surface area contributed by atoms with E-state index < -0.39 is 23.9 Å². The molecule has 0 bridgehead atoms. The maximum atomic E-state index is 12.1. The molecule has 0 aliphatic heterocycles. The molecule has 0 fully saturated rings. The van der Waals surface area contributed by atoms with Crippen LogP contribution in [0.25, 0.3) is 0 Å². The number of para-hydroxylation sites is 2. The molecule has 0 heterocycles. The van der Waals surface area contributed by atoms with Crippen molar-refractivity contribution in [1.82, 2.24) is 0 Å². The average molecular weight is 462 g/mol. The van der Waals surface area contributed by atoms with Crippen LogP contribution in [-0.2, 0) is 32.3 Å². The summed E-state index contributed by atoms with van der Waals surface area (Å²) in [5, 5.41) is 0. The summed E-state index contributed by atoms with van der Waals surface area (Å²) in [6.45, 7) is 2.61. The van der Waals surface area contributed by atoms with Crippen molar-refractivity contribution < 1.29 is 38.1 Å². The quantitative estimate of drug-likeness (QED) is 0.361. The van der Waals surface area contributed by atoms with Crippen molar-refractivity contribution in [3.05, 3.63) is 95.1 Å². The zero-order chi connectivity index (χ0) is 24.5. The number of carbonyl (C=O) groups excluding carboxylic acids is 4. The van der Waals surface area contributed by atoms with E-state index >= 15 is 0 Å². The zero-order valence-corrected chi connectivity index (χ0v) is 18.6. The highest BCUT2D eigenvalue weighted by molar-refractivity contribution is 5.99. The summed E-state index contributed by atoms with van der Waals surface area (Å²) in [5.74, 6) is -2.41. The van der Waals surface area contributed by atoms with E-state index in [0.29, 0.717) is 0 Å². The Labute approximate surface area is 196 Å². The first-order valence-corrected chi connectivity index (χ1v) is 10.3. The highest BCUT2D eigenvalue weighted by atomic mass is 16.6. The summed E-state index contributed by atoms with van der Waals surface area (Å²) in [6.07, 6.45) is 0. The first kappa shape index (κ1) is 24.2. The average Bonchev–Trinajstić information content (AvgIpc) is 2.81. The fraction of sp³-hybridized carbons (Fsp3) is 0.154. The lowest BCUT2D eigenvalue weighted by molar-refractivity contribution is -0.136. The van der Waals surface area contributed by atoms with Gasteiger partial charge in [0.05, 0.1) is 0 Å². The SMILES string of the molecule is CC(=O)OC(=O)c1ccccc1OCc1cccc(COc2ccccc2C(=O)OC(C)=O)c1. The number of benzene rings is 3. The topological polar surface area (TPSA) is 105 Å².